The van der Waals surface area contributed by atoms with Crippen LogP contribution in [0.5, 0.6) is 0 Å². The van der Waals surface area contributed by atoms with Crippen LogP contribution >= 0.6 is 0 Å². The van der Waals surface area contributed by atoms with Crippen molar-refractivity contribution in [3.05, 3.63) is 29.8 Å². The Labute approximate surface area is 107 Å². The number of nitriles is 1. The van der Waals surface area contributed by atoms with Crippen molar-refractivity contribution in [1.82, 2.24) is 4.90 Å². The molecule has 1 N–H and O–H groups in total. The van der Waals surface area contributed by atoms with Crippen LogP contribution in [-0.4, -0.2) is 37.7 Å². The highest BCUT2D eigenvalue weighted by Crippen LogP contribution is 2.12. The van der Waals surface area contributed by atoms with Crippen molar-refractivity contribution in [1.29, 1.82) is 5.26 Å². The topological polar surface area (TPSA) is 65.4 Å². The predicted molar refractivity (Wildman–Crippen MR) is 69.3 cm³/mol. The normalized spacial score (nSPS) is 9.39. The first-order valence-corrected chi connectivity index (χ1v) is 5.80. The van der Waals surface area contributed by atoms with E-state index in [9.17, 15) is 4.79 Å². The van der Waals surface area contributed by atoms with Crippen molar-refractivity contribution in [2.24, 2.45) is 0 Å². The zero-order valence-electron chi connectivity index (χ0n) is 10.6. The molecule has 1 rings (SSSR count). The lowest BCUT2D eigenvalue weighted by atomic mass is 10.2. The smallest absolute Gasteiger partial charge is 0.409 e. The molecule has 0 unspecified atom stereocenters. The first-order chi connectivity index (χ1) is 8.69. The van der Waals surface area contributed by atoms with Crippen LogP contribution in [0.4, 0.5) is 10.5 Å². The number of para-hydroxylation sites is 1. The molecule has 0 aliphatic carbocycles. The number of carbonyl (C=O) groups is 1. The first kappa shape index (κ1) is 13.8. The molecule has 0 atom stereocenters. The van der Waals surface area contributed by atoms with Crippen LogP contribution < -0.4 is 5.32 Å². The van der Waals surface area contributed by atoms with Gasteiger partial charge in [0, 0.05) is 20.1 Å². The summed E-state index contributed by atoms with van der Waals surface area (Å²) in [4.78, 5) is 12.8. The number of anilines is 1. The van der Waals surface area contributed by atoms with Gasteiger partial charge in [-0.3, -0.25) is 0 Å². The summed E-state index contributed by atoms with van der Waals surface area (Å²) in [7, 11) is 1.68. The maximum absolute atomic E-state index is 11.3. The van der Waals surface area contributed by atoms with Gasteiger partial charge in [0.1, 0.15) is 6.07 Å². The van der Waals surface area contributed by atoms with Crippen molar-refractivity contribution in [3.63, 3.8) is 0 Å². The van der Waals surface area contributed by atoms with Crippen LogP contribution in [0.25, 0.3) is 0 Å². The van der Waals surface area contributed by atoms with Crippen molar-refractivity contribution in [3.8, 4) is 6.07 Å². The molecule has 0 aliphatic heterocycles. The summed E-state index contributed by atoms with van der Waals surface area (Å²) in [5.74, 6) is 0. The van der Waals surface area contributed by atoms with Gasteiger partial charge in [-0.2, -0.15) is 5.26 Å². The molecule has 1 aromatic carbocycles. The molecule has 1 amide bonds. The molecule has 18 heavy (non-hydrogen) atoms. The summed E-state index contributed by atoms with van der Waals surface area (Å²) in [6.45, 7) is 3.22. The van der Waals surface area contributed by atoms with E-state index in [-0.39, 0.29) is 6.09 Å². The third-order valence-electron chi connectivity index (χ3n) is 2.39. The number of hydrogen-bond acceptors (Lipinski definition) is 4. The largest absolute Gasteiger partial charge is 0.450 e. The molecule has 0 heterocycles. The molecule has 0 aliphatic rings. The lowest BCUT2D eigenvalue weighted by molar-refractivity contribution is 0.117. The lowest BCUT2D eigenvalue weighted by Gasteiger charge is -2.17. The fraction of sp³-hybridized carbons (Fsp3) is 0.385. The maximum atomic E-state index is 11.3. The third kappa shape index (κ3) is 3.98. The Morgan fingerprint density at radius 2 is 2.22 bits per heavy atom. The van der Waals surface area contributed by atoms with Crippen LogP contribution in [0, 0.1) is 11.3 Å². The van der Waals surface area contributed by atoms with E-state index in [1.54, 1.807) is 20.0 Å². The fourth-order valence-corrected chi connectivity index (χ4v) is 1.42. The van der Waals surface area contributed by atoms with Crippen molar-refractivity contribution >= 4 is 11.8 Å². The summed E-state index contributed by atoms with van der Waals surface area (Å²) < 4.78 is 4.86. The minimum atomic E-state index is -0.340. The number of carbonyl (C=O) groups excluding carboxylic acids is 1. The zero-order chi connectivity index (χ0) is 13.4. The van der Waals surface area contributed by atoms with Crippen LogP contribution in [0.15, 0.2) is 24.3 Å². The van der Waals surface area contributed by atoms with Crippen LogP contribution in [0.3, 0.4) is 0 Å². The molecule has 5 nitrogen and oxygen atoms in total. The highest BCUT2D eigenvalue weighted by Gasteiger charge is 2.08. The van der Waals surface area contributed by atoms with E-state index in [1.165, 1.54) is 4.90 Å². The number of benzene rings is 1. The van der Waals surface area contributed by atoms with Gasteiger partial charge in [0.25, 0.3) is 0 Å². The minimum absolute atomic E-state index is 0.340. The maximum Gasteiger partial charge on any atom is 0.409 e. The molecule has 96 valence electrons. The Kier molecular flexibility index (Phi) is 5.52. The van der Waals surface area contributed by atoms with Gasteiger partial charge in [0.15, 0.2) is 0 Å². The second kappa shape index (κ2) is 7.17. The average Bonchev–Trinajstić information content (AvgIpc) is 2.39. The van der Waals surface area contributed by atoms with E-state index in [0.717, 1.165) is 5.69 Å². The average molecular weight is 247 g/mol. The molecule has 0 bridgehead atoms. The number of ether oxygens (including phenoxy) is 1. The van der Waals surface area contributed by atoms with E-state index < -0.39 is 0 Å². The molecule has 5 heteroatoms. The summed E-state index contributed by atoms with van der Waals surface area (Å²) >= 11 is 0. The summed E-state index contributed by atoms with van der Waals surface area (Å²) in [6, 6.07) is 9.37. The van der Waals surface area contributed by atoms with E-state index in [4.69, 9.17) is 10.00 Å². The summed E-state index contributed by atoms with van der Waals surface area (Å²) in [5, 5.41) is 12.0. The second-order valence-corrected chi connectivity index (χ2v) is 3.70. The minimum Gasteiger partial charge on any atom is -0.450 e. The molecule has 0 radical (unpaired) electrons. The molecule has 0 spiro atoms. The molecule has 0 saturated heterocycles. The standard InChI is InChI=1S/C13H17N3O2/c1-3-18-13(17)16(2)9-8-15-12-7-5-4-6-11(12)10-14/h4-7,15H,3,8-9H2,1-2H3. The van der Waals surface area contributed by atoms with Crippen LogP contribution in [0.1, 0.15) is 12.5 Å². The number of likely N-dealkylation sites (N-methyl/N-ethyl adjacent to an activating group) is 1. The molecular weight excluding hydrogens is 230 g/mol. The Balaban J connectivity index is 2.42. The van der Waals surface area contributed by atoms with Crippen molar-refractivity contribution in [2.45, 2.75) is 6.92 Å². The Morgan fingerprint density at radius 3 is 2.89 bits per heavy atom. The lowest BCUT2D eigenvalue weighted by Crippen LogP contribution is -2.31. The fourth-order valence-electron chi connectivity index (χ4n) is 1.42. The molecular formula is C13H17N3O2. The highest BCUT2D eigenvalue weighted by molar-refractivity contribution is 5.67. The van der Waals surface area contributed by atoms with E-state index in [1.807, 2.05) is 18.2 Å². The van der Waals surface area contributed by atoms with Gasteiger partial charge in [-0.15, -0.1) is 0 Å². The first-order valence-electron chi connectivity index (χ1n) is 5.80. The van der Waals surface area contributed by atoms with Gasteiger partial charge in [-0.25, -0.2) is 4.79 Å². The zero-order valence-corrected chi connectivity index (χ0v) is 10.6. The summed E-state index contributed by atoms with van der Waals surface area (Å²) in [6.07, 6.45) is -0.340. The Hall–Kier alpha value is -2.22. The Morgan fingerprint density at radius 1 is 1.50 bits per heavy atom. The van der Waals surface area contributed by atoms with Gasteiger partial charge >= 0.3 is 6.09 Å². The summed E-state index contributed by atoms with van der Waals surface area (Å²) in [5.41, 5.74) is 1.37. The van der Waals surface area contributed by atoms with Gasteiger partial charge < -0.3 is 15.0 Å². The Bertz CT molecular complexity index is 440. The van der Waals surface area contributed by atoms with Gasteiger partial charge in [-0.05, 0) is 19.1 Å². The van der Waals surface area contributed by atoms with E-state index >= 15 is 0 Å². The van der Waals surface area contributed by atoms with Gasteiger partial charge in [0.2, 0.25) is 0 Å². The van der Waals surface area contributed by atoms with Gasteiger partial charge in [-0.1, -0.05) is 12.1 Å². The van der Waals surface area contributed by atoms with E-state index in [0.29, 0.717) is 25.3 Å². The predicted octanol–water partition coefficient (Wildman–Crippen LogP) is 2.06. The van der Waals surface area contributed by atoms with Crippen LogP contribution in [0.2, 0.25) is 0 Å². The number of amides is 1. The molecule has 0 saturated carbocycles. The SMILES string of the molecule is CCOC(=O)N(C)CCNc1ccccc1C#N. The monoisotopic (exact) mass is 247 g/mol. The second-order valence-electron chi connectivity index (χ2n) is 3.70. The van der Waals surface area contributed by atoms with Gasteiger partial charge in [0.05, 0.1) is 17.9 Å². The number of rotatable bonds is 5. The van der Waals surface area contributed by atoms with E-state index in [2.05, 4.69) is 11.4 Å². The van der Waals surface area contributed by atoms with Crippen molar-refractivity contribution < 1.29 is 9.53 Å². The van der Waals surface area contributed by atoms with Crippen molar-refractivity contribution in [2.75, 3.05) is 32.1 Å². The quantitative estimate of drug-likeness (QED) is 0.865. The molecule has 1 aromatic rings. The third-order valence-corrected chi connectivity index (χ3v) is 2.39. The molecule has 0 aromatic heterocycles. The highest BCUT2D eigenvalue weighted by atomic mass is 16.5. The molecule has 0 fully saturated rings. The number of nitrogens with one attached hydrogen (secondary N) is 1. The number of hydrogen-bond donors (Lipinski definition) is 1. The number of nitrogens with zero attached hydrogens (tertiary/aromatic N) is 2. The van der Waals surface area contributed by atoms with Crippen LogP contribution in [-0.2, 0) is 4.74 Å².